The monoisotopic (exact) mass is 493 g/mol. The molecule has 2 fully saturated rings. The van der Waals surface area contributed by atoms with E-state index in [1.165, 1.54) is 18.0 Å². The van der Waals surface area contributed by atoms with Gasteiger partial charge in [0.2, 0.25) is 5.91 Å². The summed E-state index contributed by atoms with van der Waals surface area (Å²) in [5.74, 6) is 0.705. The minimum Gasteiger partial charge on any atom is -0.497 e. The van der Waals surface area contributed by atoms with E-state index < -0.39 is 0 Å². The quantitative estimate of drug-likeness (QED) is 0.564. The number of aryl methyl sites for hydroxylation is 1. The molecule has 8 nitrogen and oxygen atoms in total. The molecule has 0 saturated carbocycles. The van der Waals surface area contributed by atoms with Gasteiger partial charge in [-0.05, 0) is 62.7 Å². The summed E-state index contributed by atoms with van der Waals surface area (Å²) in [4.78, 5) is 36.2. The Morgan fingerprint density at radius 2 is 1.89 bits per heavy atom. The first-order valence-electron chi connectivity index (χ1n) is 12.3. The number of methoxy groups -OCH3 is 1. The van der Waals surface area contributed by atoms with Crippen LogP contribution in [0.25, 0.3) is 10.2 Å². The predicted octanol–water partition coefficient (Wildman–Crippen LogP) is 4.49. The molecule has 5 rings (SSSR count). The molecule has 0 spiro atoms. The summed E-state index contributed by atoms with van der Waals surface area (Å²) < 4.78 is 9.78. The third-order valence-corrected chi connectivity index (χ3v) is 7.89. The summed E-state index contributed by atoms with van der Waals surface area (Å²) >= 11 is 1.37. The number of pyridine rings is 1. The molecule has 3 aromatic rings. The SMILES string of the molecule is COc1cccc(NC(=O)C2CCN(c3c(C(=O)N4CCCCC4)cnc4snc(C)c34)CC2)c1. The number of piperidine rings is 2. The average Bonchev–Trinajstić information content (AvgIpc) is 3.29. The molecule has 0 bridgehead atoms. The van der Waals surface area contributed by atoms with Gasteiger partial charge in [0.1, 0.15) is 10.6 Å². The topological polar surface area (TPSA) is 87.7 Å². The fourth-order valence-electron chi connectivity index (χ4n) is 5.10. The van der Waals surface area contributed by atoms with E-state index in [1.54, 1.807) is 13.3 Å². The van der Waals surface area contributed by atoms with Crippen molar-refractivity contribution in [1.82, 2.24) is 14.3 Å². The number of carbonyl (C=O) groups is 2. The number of fused-ring (bicyclic) bond motifs is 1. The molecule has 2 aliphatic heterocycles. The van der Waals surface area contributed by atoms with Crippen molar-refractivity contribution < 1.29 is 14.3 Å². The molecule has 35 heavy (non-hydrogen) atoms. The molecule has 1 aromatic carbocycles. The van der Waals surface area contributed by atoms with Crippen LogP contribution in [0.1, 0.15) is 48.2 Å². The van der Waals surface area contributed by atoms with Crippen LogP contribution < -0.4 is 15.0 Å². The van der Waals surface area contributed by atoms with Crippen LogP contribution >= 0.6 is 11.5 Å². The normalized spacial score (nSPS) is 17.0. The number of amides is 2. The molecule has 0 aliphatic carbocycles. The molecule has 0 radical (unpaired) electrons. The molecule has 0 atom stereocenters. The summed E-state index contributed by atoms with van der Waals surface area (Å²) in [6.07, 6.45) is 6.43. The first-order valence-corrected chi connectivity index (χ1v) is 13.1. The van der Waals surface area contributed by atoms with Gasteiger partial charge in [0.25, 0.3) is 5.91 Å². The summed E-state index contributed by atoms with van der Waals surface area (Å²) in [6, 6.07) is 7.41. The minimum atomic E-state index is -0.0854. The maximum atomic E-state index is 13.5. The number of ether oxygens (including phenoxy) is 1. The van der Waals surface area contributed by atoms with Crippen molar-refractivity contribution in [2.24, 2.45) is 5.92 Å². The number of hydrogen-bond acceptors (Lipinski definition) is 7. The Balaban J connectivity index is 1.35. The maximum absolute atomic E-state index is 13.5. The molecule has 2 saturated heterocycles. The van der Waals surface area contributed by atoms with E-state index in [2.05, 4.69) is 19.6 Å². The first-order chi connectivity index (χ1) is 17.0. The zero-order chi connectivity index (χ0) is 24.4. The Labute approximate surface area is 209 Å². The highest BCUT2D eigenvalue weighted by atomic mass is 32.1. The highest BCUT2D eigenvalue weighted by molar-refractivity contribution is 7.13. The Morgan fingerprint density at radius 3 is 2.63 bits per heavy atom. The predicted molar refractivity (Wildman–Crippen MR) is 138 cm³/mol. The van der Waals surface area contributed by atoms with Crippen molar-refractivity contribution in [3.63, 3.8) is 0 Å². The summed E-state index contributed by atoms with van der Waals surface area (Å²) in [7, 11) is 1.61. The second kappa shape index (κ2) is 10.2. The van der Waals surface area contributed by atoms with Gasteiger partial charge in [-0.15, -0.1) is 0 Å². The number of benzene rings is 1. The van der Waals surface area contributed by atoms with Crippen molar-refractivity contribution in [2.75, 3.05) is 43.5 Å². The smallest absolute Gasteiger partial charge is 0.257 e. The molecule has 9 heteroatoms. The van der Waals surface area contributed by atoms with Gasteiger partial charge < -0.3 is 19.9 Å². The summed E-state index contributed by atoms with van der Waals surface area (Å²) in [6.45, 7) is 4.97. The van der Waals surface area contributed by atoms with Gasteiger partial charge in [-0.3, -0.25) is 9.59 Å². The van der Waals surface area contributed by atoms with Crippen molar-refractivity contribution in [1.29, 1.82) is 0 Å². The fraction of sp³-hybridized carbons (Fsp3) is 0.462. The Bertz CT molecular complexity index is 1230. The molecule has 2 aliphatic rings. The lowest BCUT2D eigenvalue weighted by Crippen LogP contribution is -2.40. The van der Waals surface area contributed by atoms with Crippen LogP contribution in [0.4, 0.5) is 11.4 Å². The van der Waals surface area contributed by atoms with E-state index in [4.69, 9.17) is 4.74 Å². The van der Waals surface area contributed by atoms with Crippen LogP contribution in [0.2, 0.25) is 0 Å². The van der Waals surface area contributed by atoms with Gasteiger partial charge in [-0.25, -0.2) is 4.98 Å². The summed E-state index contributed by atoms with van der Waals surface area (Å²) in [5, 5.41) is 4.00. The fourth-order valence-corrected chi connectivity index (χ4v) is 5.85. The minimum absolute atomic E-state index is 0.0239. The van der Waals surface area contributed by atoms with Crippen LogP contribution in [0, 0.1) is 12.8 Å². The molecule has 2 aromatic heterocycles. The van der Waals surface area contributed by atoms with Gasteiger partial charge in [-0.1, -0.05) is 6.07 Å². The Morgan fingerprint density at radius 1 is 1.11 bits per heavy atom. The second-order valence-electron chi connectivity index (χ2n) is 9.30. The maximum Gasteiger partial charge on any atom is 0.257 e. The molecule has 0 unspecified atom stereocenters. The highest BCUT2D eigenvalue weighted by Crippen LogP contribution is 2.37. The van der Waals surface area contributed by atoms with E-state index in [0.29, 0.717) is 37.2 Å². The Hall–Kier alpha value is -3.20. The van der Waals surface area contributed by atoms with Crippen molar-refractivity contribution in [3.05, 3.63) is 41.7 Å². The number of aromatic nitrogens is 2. The number of likely N-dealkylation sites (tertiary alicyclic amines) is 1. The second-order valence-corrected chi connectivity index (χ2v) is 10.1. The number of nitrogens with one attached hydrogen (secondary N) is 1. The molecule has 2 amide bonds. The van der Waals surface area contributed by atoms with E-state index in [0.717, 1.165) is 53.2 Å². The number of carbonyl (C=O) groups excluding carboxylic acids is 2. The molecular formula is C26H31N5O3S. The summed E-state index contributed by atoms with van der Waals surface area (Å²) in [5.41, 5.74) is 3.23. The number of rotatable bonds is 5. The van der Waals surface area contributed by atoms with Crippen molar-refractivity contribution >= 4 is 44.9 Å². The van der Waals surface area contributed by atoms with Gasteiger partial charge in [0.15, 0.2) is 0 Å². The van der Waals surface area contributed by atoms with Crippen LogP contribution in [0.15, 0.2) is 30.5 Å². The van der Waals surface area contributed by atoms with E-state index in [9.17, 15) is 9.59 Å². The van der Waals surface area contributed by atoms with Crippen molar-refractivity contribution in [2.45, 2.75) is 39.0 Å². The zero-order valence-electron chi connectivity index (χ0n) is 20.2. The molecular weight excluding hydrogens is 462 g/mol. The average molecular weight is 494 g/mol. The van der Waals surface area contributed by atoms with Gasteiger partial charge in [0.05, 0.1) is 29.4 Å². The third-order valence-electron chi connectivity index (χ3n) is 7.04. The van der Waals surface area contributed by atoms with Crippen LogP contribution in [-0.4, -0.2) is 59.4 Å². The largest absolute Gasteiger partial charge is 0.497 e. The van der Waals surface area contributed by atoms with Gasteiger partial charge in [0, 0.05) is 50.0 Å². The molecule has 4 heterocycles. The molecule has 184 valence electrons. The van der Waals surface area contributed by atoms with E-state index in [1.807, 2.05) is 36.1 Å². The zero-order valence-corrected chi connectivity index (χ0v) is 21.1. The molecule has 1 N–H and O–H groups in total. The number of nitrogens with zero attached hydrogens (tertiary/aromatic N) is 4. The van der Waals surface area contributed by atoms with E-state index in [-0.39, 0.29) is 17.7 Å². The van der Waals surface area contributed by atoms with Gasteiger partial charge in [-0.2, -0.15) is 4.37 Å². The lowest BCUT2D eigenvalue weighted by Gasteiger charge is -2.35. The van der Waals surface area contributed by atoms with Crippen LogP contribution in [0.3, 0.4) is 0 Å². The number of anilines is 2. The number of hydrogen-bond donors (Lipinski definition) is 1. The van der Waals surface area contributed by atoms with E-state index >= 15 is 0 Å². The highest BCUT2D eigenvalue weighted by Gasteiger charge is 2.31. The first kappa shape index (κ1) is 23.5. The Kier molecular flexibility index (Phi) is 6.86. The lowest BCUT2D eigenvalue weighted by atomic mass is 9.94. The van der Waals surface area contributed by atoms with Crippen LogP contribution in [0.5, 0.6) is 5.75 Å². The van der Waals surface area contributed by atoms with Crippen LogP contribution in [-0.2, 0) is 4.79 Å². The lowest BCUT2D eigenvalue weighted by molar-refractivity contribution is -0.120. The van der Waals surface area contributed by atoms with Crippen molar-refractivity contribution in [3.8, 4) is 5.75 Å². The standard InChI is InChI=1S/C26H31N5O3S/c1-17-22-23(21(16-27-25(22)35-29-17)26(33)31-11-4-3-5-12-31)30-13-9-18(10-14-30)24(32)28-19-7-6-8-20(15-19)34-2/h6-8,15-16,18H,3-5,9-14H2,1-2H3,(H,28,32). The van der Waals surface area contributed by atoms with Gasteiger partial charge >= 0.3 is 0 Å². The third kappa shape index (κ3) is 4.82.